The Kier molecular flexibility index (Phi) is 3.48. The lowest BCUT2D eigenvalue weighted by Gasteiger charge is -2.30. The summed E-state index contributed by atoms with van der Waals surface area (Å²) in [5.41, 5.74) is 3.69. The molecule has 3 heterocycles. The van der Waals surface area contributed by atoms with Crippen molar-refractivity contribution >= 4 is 27.8 Å². The third-order valence-electron chi connectivity index (χ3n) is 4.64. The zero-order valence-electron chi connectivity index (χ0n) is 14.7. The van der Waals surface area contributed by atoms with Crippen LogP contribution in [-0.2, 0) is 0 Å². The Morgan fingerprint density at radius 3 is 2.75 bits per heavy atom. The minimum Gasteiger partial charge on any atom is -0.435 e. The van der Waals surface area contributed by atoms with Gasteiger partial charge in [0.2, 0.25) is 5.71 Å². The number of aryl methyl sites for hydroxylation is 1. The average Bonchev–Trinajstić information content (AvgIpc) is 3.07. The summed E-state index contributed by atoms with van der Waals surface area (Å²) in [6, 6.07) is 10.5. The Morgan fingerprint density at radius 1 is 1.12 bits per heavy atom. The fraction of sp³-hybridized carbons (Fsp3) is 0.350. The van der Waals surface area contributed by atoms with Gasteiger partial charge in [-0.3, -0.25) is 0 Å². The van der Waals surface area contributed by atoms with Crippen LogP contribution in [0.3, 0.4) is 0 Å². The number of fused-ring (bicyclic) bond motifs is 3. The summed E-state index contributed by atoms with van der Waals surface area (Å²) in [6.07, 6.45) is 4.60. The van der Waals surface area contributed by atoms with E-state index in [1.807, 2.05) is 13.0 Å². The highest BCUT2D eigenvalue weighted by Gasteiger charge is 2.26. The van der Waals surface area contributed by atoms with E-state index in [2.05, 4.69) is 72.2 Å². The molecule has 0 unspecified atom stereocenters. The molecule has 4 heteroatoms. The highest BCUT2D eigenvalue weighted by atomic mass is 16.3. The van der Waals surface area contributed by atoms with Gasteiger partial charge in [0.25, 0.3) is 0 Å². The second-order valence-electron chi connectivity index (χ2n) is 6.99. The molecule has 0 aliphatic carbocycles. The fourth-order valence-electron chi connectivity index (χ4n) is 3.44. The van der Waals surface area contributed by atoms with Crippen molar-refractivity contribution < 1.29 is 4.42 Å². The molecule has 1 aliphatic heterocycles. The van der Waals surface area contributed by atoms with Crippen molar-refractivity contribution in [3.63, 3.8) is 0 Å². The molecule has 0 N–H and O–H groups in total. The molecule has 124 valence electrons. The number of rotatable bonds is 3. The number of benzene rings is 1. The summed E-state index contributed by atoms with van der Waals surface area (Å²) in [5.74, 6) is 0.631. The van der Waals surface area contributed by atoms with Crippen molar-refractivity contribution in [3.8, 4) is 0 Å². The van der Waals surface area contributed by atoms with Crippen LogP contribution in [0.4, 0.5) is 5.69 Å². The lowest BCUT2D eigenvalue weighted by Crippen LogP contribution is -2.37. The van der Waals surface area contributed by atoms with Gasteiger partial charge in [0.1, 0.15) is 6.17 Å². The Morgan fingerprint density at radius 2 is 1.96 bits per heavy atom. The third-order valence-corrected chi connectivity index (χ3v) is 4.64. The second kappa shape index (κ2) is 5.55. The molecule has 0 saturated carbocycles. The molecule has 0 amide bonds. The van der Waals surface area contributed by atoms with E-state index in [0.29, 0.717) is 11.6 Å². The molecule has 0 saturated heterocycles. The summed E-state index contributed by atoms with van der Waals surface area (Å²) in [5, 5.41) is 2.20. The number of nitrogens with zero attached hydrogens (tertiary/aromatic N) is 3. The predicted molar refractivity (Wildman–Crippen MR) is 98.9 cm³/mol. The maximum Gasteiger partial charge on any atom is 0.227 e. The van der Waals surface area contributed by atoms with Crippen molar-refractivity contribution in [3.05, 3.63) is 48.4 Å². The molecule has 1 aromatic carbocycles. The molecule has 0 radical (unpaired) electrons. The van der Waals surface area contributed by atoms with E-state index in [1.165, 1.54) is 0 Å². The highest BCUT2D eigenvalue weighted by Crippen LogP contribution is 2.37. The van der Waals surface area contributed by atoms with Gasteiger partial charge < -0.3 is 14.2 Å². The van der Waals surface area contributed by atoms with Gasteiger partial charge in [-0.2, -0.15) is 0 Å². The van der Waals surface area contributed by atoms with Gasteiger partial charge >= 0.3 is 0 Å². The van der Waals surface area contributed by atoms with Crippen molar-refractivity contribution in [2.45, 2.75) is 33.9 Å². The van der Waals surface area contributed by atoms with Crippen molar-refractivity contribution in [1.82, 2.24) is 9.88 Å². The van der Waals surface area contributed by atoms with Crippen LogP contribution in [-0.4, -0.2) is 22.6 Å². The van der Waals surface area contributed by atoms with Gasteiger partial charge in [-0.25, -0.2) is 4.98 Å². The Labute approximate surface area is 142 Å². The van der Waals surface area contributed by atoms with Crippen LogP contribution < -0.4 is 4.90 Å². The molecule has 1 atom stereocenters. The van der Waals surface area contributed by atoms with Crippen molar-refractivity contribution in [1.29, 1.82) is 0 Å². The molecule has 0 fully saturated rings. The van der Waals surface area contributed by atoms with Gasteiger partial charge in [-0.05, 0) is 38.0 Å². The van der Waals surface area contributed by atoms with Crippen LogP contribution in [0.15, 0.2) is 47.1 Å². The zero-order valence-corrected chi connectivity index (χ0v) is 14.7. The minimum atomic E-state index is 0.279. The molecule has 0 spiro atoms. The summed E-state index contributed by atoms with van der Waals surface area (Å²) >= 11 is 0. The number of pyridine rings is 1. The first-order valence-corrected chi connectivity index (χ1v) is 8.56. The monoisotopic (exact) mass is 321 g/mol. The van der Waals surface area contributed by atoms with E-state index >= 15 is 0 Å². The molecular weight excluding hydrogens is 298 g/mol. The molecule has 1 aliphatic rings. The van der Waals surface area contributed by atoms with E-state index in [1.54, 1.807) is 0 Å². The lowest BCUT2D eigenvalue weighted by atomic mass is 10.1. The number of furan rings is 1. The molecule has 0 bridgehead atoms. The topological polar surface area (TPSA) is 32.5 Å². The molecule has 24 heavy (non-hydrogen) atoms. The maximum atomic E-state index is 6.14. The zero-order chi connectivity index (χ0) is 16.8. The number of hydrogen-bond donors (Lipinski definition) is 0. The normalized spacial score (nSPS) is 17.8. The summed E-state index contributed by atoms with van der Waals surface area (Å²) in [4.78, 5) is 9.19. The molecular formula is C20H23N3O. The molecule has 3 aromatic rings. The Balaban J connectivity index is 1.80. The lowest BCUT2D eigenvalue weighted by molar-refractivity contribution is 0.284. The predicted octanol–water partition coefficient (Wildman–Crippen LogP) is 4.88. The van der Waals surface area contributed by atoms with Gasteiger partial charge in [-0.1, -0.05) is 26.0 Å². The van der Waals surface area contributed by atoms with E-state index < -0.39 is 0 Å². The van der Waals surface area contributed by atoms with Gasteiger partial charge in [-0.15, -0.1) is 0 Å². The van der Waals surface area contributed by atoms with Gasteiger partial charge in [0.05, 0.1) is 5.69 Å². The smallest absolute Gasteiger partial charge is 0.227 e. The standard InChI is InChI=1S/C20H23N3O/c1-13(2)12-22-10-11-23(15(22)4)18-7-5-6-16-17-9-8-14(3)21-20(17)24-19(16)18/h5-11,13,15H,12H2,1-4H3/t15-/m0/s1. The second-order valence-corrected chi connectivity index (χ2v) is 6.99. The number of hydrogen-bond acceptors (Lipinski definition) is 4. The first-order valence-electron chi connectivity index (χ1n) is 8.56. The highest BCUT2D eigenvalue weighted by molar-refractivity contribution is 6.08. The van der Waals surface area contributed by atoms with Crippen molar-refractivity contribution in [2.75, 3.05) is 11.4 Å². The average molecular weight is 321 g/mol. The van der Waals surface area contributed by atoms with Crippen LogP contribution in [0.5, 0.6) is 0 Å². The summed E-state index contributed by atoms with van der Waals surface area (Å²) in [7, 11) is 0. The molecule has 2 aromatic heterocycles. The van der Waals surface area contributed by atoms with Crippen LogP contribution in [0.1, 0.15) is 26.5 Å². The first kappa shape index (κ1) is 15.1. The Bertz CT molecular complexity index is 925. The number of aromatic nitrogens is 1. The first-order chi connectivity index (χ1) is 11.5. The SMILES string of the molecule is Cc1ccc2c(n1)oc1c(N3C=CN(CC(C)C)[C@@H]3C)cccc12. The quantitative estimate of drug-likeness (QED) is 0.688. The van der Waals surface area contributed by atoms with Crippen LogP contribution in [0.2, 0.25) is 0 Å². The Hall–Kier alpha value is -2.49. The van der Waals surface area contributed by atoms with Crippen LogP contribution >= 0.6 is 0 Å². The summed E-state index contributed by atoms with van der Waals surface area (Å²) < 4.78 is 6.14. The molecule has 4 nitrogen and oxygen atoms in total. The van der Waals surface area contributed by atoms with E-state index in [9.17, 15) is 0 Å². The fourth-order valence-corrected chi connectivity index (χ4v) is 3.44. The maximum absolute atomic E-state index is 6.14. The van der Waals surface area contributed by atoms with Gasteiger partial charge in [0, 0.05) is 35.4 Å². The summed E-state index contributed by atoms with van der Waals surface area (Å²) in [6.45, 7) is 9.76. The van der Waals surface area contributed by atoms with Gasteiger partial charge in [0.15, 0.2) is 5.58 Å². The van der Waals surface area contributed by atoms with Crippen molar-refractivity contribution in [2.24, 2.45) is 5.92 Å². The van der Waals surface area contributed by atoms with Crippen LogP contribution in [0, 0.1) is 12.8 Å². The van der Waals surface area contributed by atoms with E-state index in [-0.39, 0.29) is 6.17 Å². The molecule has 4 rings (SSSR count). The minimum absolute atomic E-state index is 0.279. The van der Waals surface area contributed by atoms with E-state index in [4.69, 9.17) is 4.42 Å². The van der Waals surface area contributed by atoms with Crippen LogP contribution in [0.25, 0.3) is 22.1 Å². The largest absolute Gasteiger partial charge is 0.435 e. The van der Waals surface area contributed by atoms with E-state index in [0.717, 1.165) is 34.3 Å². The number of anilines is 1. The third kappa shape index (κ3) is 2.33. The number of para-hydroxylation sites is 1.